The number of rotatable bonds is 9. The van der Waals surface area contributed by atoms with E-state index in [-0.39, 0.29) is 6.61 Å². The second-order valence-electron chi connectivity index (χ2n) is 5.53. The number of alkyl halides is 3. The number of benzene rings is 1. The van der Waals surface area contributed by atoms with Crippen LogP contribution >= 0.6 is 0 Å². The van der Waals surface area contributed by atoms with Crippen molar-refractivity contribution in [2.75, 3.05) is 48.1 Å². The number of nitrogens with one attached hydrogen (secondary N) is 1. The molecule has 0 saturated heterocycles. The minimum Gasteiger partial charge on any atom is -0.497 e. The quantitative estimate of drug-likeness (QED) is 0.407. The number of aliphatic imine (C=N–C) groups is 1. The lowest BCUT2D eigenvalue weighted by Crippen LogP contribution is -2.39. The number of nitrogens with zero attached hydrogens (tertiary/aromatic N) is 2. The van der Waals surface area contributed by atoms with Gasteiger partial charge in [0, 0.05) is 45.4 Å². The largest absolute Gasteiger partial charge is 0.497 e. The number of halogens is 3. The number of ether oxygens (including phenoxy) is 3. The summed E-state index contributed by atoms with van der Waals surface area (Å²) >= 11 is 0. The van der Waals surface area contributed by atoms with Gasteiger partial charge in [0.2, 0.25) is 0 Å². The van der Waals surface area contributed by atoms with Crippen LogP contribution in [0.15, 0.2) is 23.2 Å². The van der Waals surface area contributed by atoms with Gasteiger partial charge in [-0.05, 0) is 18.6 Å². The number of guanidine groups is 1. The summed E-state index contributed by atoms with van der Waals surface area (Å²) in [5.74, 6) is 2.03. The summed E-state index contributed by atoms with van der Waals surface area (Å²) in [6.07, 6.45) is -3.85. The molecule has 0 amide bonds. The van der Waals surface area contributed by atoms with E-state index in [2.05, 4.69) is 15.0 Å². The Bertz CT molecular complexity index is 580. The fourth-order valence-electron chi connectivity index (χ4n) is 2.26. The van der Waals surface area contributed by atoms with Crippen molar-refractivity contribution < 1.29 is 27.4 Å². The van der Waals surface area contributed by atoms with Gasteiger partial charge in [-0.2, -0.15) is 13.2 Å². The smallest absolute Gasteiger partial charge is 0.411 e. The molecule has 0 radical (unpaired) electrons. The van der Waals surface area contributed by atoms with Crippen LogP contribution in [0.5, 0.6) is 11.5 Å². The van der Waals surface area contributed by atoms with Gasteiger partial charge in [-0.25, -0.2) is 0 Å². The molecule has 1 aromatic carbocycles. The molecule has 0 spiro atoms. The van der Waals surface area contributed by atoms with Gasteiger partial charge in [0.25, 0.3) is 0 Å². The Kier molecular flexibility index (Phi) is 9.04. The summed E-state index contributed by atoms with van der Waals surface area (Å²) in [6.45, 7) is -0.204. The van der Waals surface area contributed by atoms with Crippen LogP contribution in [0, 0.1) is 0 Å². The molecule has 0 atom stereocenters. The normalized spacial score (nSPS) is 12.0. The molecule has 0 unspecified atom stereocenters. The van der Waals surface area contributed by atoms with Crippen molar-refractivity contribution in [3.05, 3.63) is 23.8 Å². The van der Waals surface area contributed by atoms with E-state index in [4.69, 9.17) is 9.47 Å². The molecule has 26 heavy (non-hydrogen) atoms. The van der Waals surface area contributed by atoms with Gasteiger partial charge in [0.15, 0.2) is 5.96 Å². The first-order valence-corrected chi connectivity index (χ1v) is 8.08. The standard InChI is InChI=1S/C17H26F3N3O3/c1-21-16(22-8-5-9-26-12-17(18,19)20)23(2)11-13-6-7-14(24-3)10-15(13)25-4/h6-7,10H,5,8-9,11-12H2,1-4H3,(H,21,22). The minimum absolute atomic E-state index is 0.0273. The molecule has 1 aromatic rings. The maximum Gasteiger partial charge on any atom is 0.411 e. The topological polar surface area (TPSA) is 55.3 Å². The van der Waals surface area contributed by atoms with Crippen LogP contribution in [0.3, 0.4) is 0 Å². The molecule has 9 heteroatoms. The lowest BCUT2D eigenvalue weighted by molar-refractivity contribution is -0.173. The molecule has 1 N–H and O–H groups in total. The molecule has 0 aromatic heterocycles. The van der Waals surface area contributed by atoms with Crippen LogP contribution in [0.1, 0.15) is 12.0 Å². The van der Waals surface area contributed by atoms with E-state index in [9.17, 15) is 13.2 Å². The van der Waals surface area contributed by atoms with E-state index in [0.717, 1.165) is 5.56 Å². The summed E-state index contributed by atoms with van der Waals surface area (Å²) in [6, 6.07) is 5.56. The summed E-state index contributed by atoms with van der Waals surface area (Å²) in [5.41, 5.74) is 0.951. The van der Waals surface area contributed by atoms with Crippen molar-refractivity contribution in [1.82, 2.24) is 10.2 Å². The maximum absolute atomic E-state index is 12.0. The predicted octanol–water partition coefficient (Wildman–Crippen LogP) is 2.68. The highest BCUT2D eigenvalue weighted by molar-refractivity contribution is 5.79. The van der Waals surface area contributed by atoms with Gasteiger partial charge in [-0.15, -0.1) is 0 Å². The molecular formula is C17H26F3N3O3. The van der Waals surface area contributed by atoms with Gasteiger partial charge in [0.1, 0.15) is 18.1 Å². The van der Waals surface area contributed by atoms with Crippen molar-refractivity contribution in [1.29, 1.82) is 0 Å². The van der Waals surface area contributed by atoms with Crippen LogP contribution < -0.4 is 14.8 Å². The Morgan fingerprint density at radius 2 is 1.96 bits per heavy atom. The number of hydrogen-bond acceptors (Lipinski definition) is 4. The Morgan fingerprint density at radius 1 is 1.23 bits per heavy atom. The van der Waals surface area contributed by atoms with Gasteiger partial charge in [0.05, 0.1) is 14.2 Å². The lowest BCUT2D eigenvalue weighted by Gasteiger charge is -2.23. The molecule has 148 valence electrons. The Balaban J connectivity index is 2.48. The first kappa shape index (κ1) is 21.9. The fourth-order valence-corrected chi connectivity index (χ4v) is 2.26. The van der Waals surface area contributed by atoms with Crippen molar-refractivity contribution in [2.24, 2.45) is 4.99 Å². The molecule has 0 fully saturated rings. The van der Waals surface area contributed by atoms with Gasteiger partial charge < -0.3 is 24.4 Å². The molecule has 0 saturated carbocycles. The molecule has 0 bridgehead atoms. The molecule has 1 rings (SSSR count). The average Bonchev–Trinajstić information content (AvgIpc) is 2.60. The summed E-state index contributed by atoms with van der Waals surface area (Å²) in [7, 11) is 6.68. The van der Waals surface area contributed by atoms with E-state index < -0.39 is 12.8 Å². The maximum atomic E-state index is 12.0. The van der Waals surface area contributed by atoms with Crippen LogP contribution in [0.25, 0.3) is 0 Å². The van der Waals surface area contributed by atoms with Crippen LogP contribution in [0.4, 0.5) is 13.2 Å². The molecule has 0 aliphatic carbocycles. The zero-order chi connectivity index (χ0) is 19.6. The third-order valence-corrected chi connectivity index (χ3v) is 3.49. The molecule has 0 heterocycles. The van der Waals surface area contributed by atoms with E-state index >= 15 is 0 Å². The zero-order valence-electron chi connectivity index (χ0n) is 15.5. The predicted molar refractivity (Wildman–Crippen MR) is 93.9 cm³/mol. The van der Waals surface area contributed by atoms with Crippen LogP contribution in [-0.4, -0.2) is 65.1 Å². The van der Waals surface area contributed by atoms with Gasteiger partial charge >= 0.3 is 6.18 Å². The monoisotopic (exact) mass is 377 g/mol. The Labute approximate surface area is 151 Å². The van der Waals surface area contributed by atoms with E-state index in [1.807, 2.05) is 24.1 Å². The first-order chi connectivity index (χ1) is 12.3. The summed E-state index contributed by atoms with van der Waals surface area (Å²) in [4.78, 5) is 6.07. The second kappa shape index (κ2) is 10.7. The summed E-state index contributed by atoms with van der Waals surface area (Å²) < 4.78 is 51.1. The summed E-state index contributed by atoms with van der Waals surface area (Å²) in [5, 5.41) is 3.10. The SMILES string of the molecule is CN=C(NCCCOCC(F)(F)F)N(C)Cc1ccc(OC)cc1OC. The van der Waals surface area contributed by atoms with Crippen LogP contribution in [-0.2, 0) is 11.3 Å². The molecule has 0 aliphatic heterocycles. The minimum atomic E-state index is -4.29. The number of hydrogen-bond donors (Lipinski definition) is 1. The van der Waals surface area contributed by atoms with E-state index in [1.165, 1.54) is 0 Å². The molecular weight excluding hydrogens is 351 g/mol. The first-order valence-electron chi connectivity index (χ1n) is 8.08. The van der Waals surface area contributed by atoms with Gasteiger partial charge in [-0.1, -0.05) is 0 Å². The van der Waals surface area contributed by atoms with E-state index in [0.29, 0.717) is 37.0 Å². The van der Waals surface area contributed by atoms with Crippen molar-refractivity contribution in [3.8, 4) is 11.5 Å². The van der Waals surface area contributed by atoms with Crippen LogP contribution in [0.2, 0.25) is 0 Å². The molecule has 0 aliphatic rings. The highest BCUT2D eigenvalue weighted by Crippen LogP contribution is 2.25. The lowest BCUT2D eigenvalue weighted by atomic mass is 10.2. The third-order valence-electron chi connectivity index (χ3n) is 3.49. The Hall–Kier alpha value is -2.16. The van der Waals surface area contributed by atoms with Crippen molar-refractivity contribution in [3.63, 3.8) is 0 Å². The highest BCUT2D eigenvalue weighted by atomic mass is 19.4. The fraction of sp³-hybridized carbons (Fsp3) is 0.588. The van der Waals surface area contributed by atoms with Crippen molar-refractivity contribution in [2.45, 2.75) is 19.1 Å². The zero-order valence-corrected chi connectivity index (χ0v) is 15.5. The Morgan fingerprint density at radius 3 is 2.54 bits per heavy atom. The van der Waals surface area contributed by atoms with Gasteiger partial charge in [-0.3, -0.25) is 4.99 Å². The van der Waals surface area contributed by atoms with Crippen molar-refractivity contribution >= 4 is 5.96 Å². The second-order valence-corrected chi connectivity index (χ2v) is 5.53. The third kappa shape index (κ3) is 7.81. The highest BCUT2D eigenvalue weighted by Gasteiger charge is 2.27. The van der Waals surface area contributed by atoms with E-state index in [1.54, 1.807) is 27.3 Å². The number of methoxy groups -OCH3 is 2. The molecule has 6 nitrogen and oxygen atoms in total. The average molecular weight is 377 g/mol.